The number of aliphatic hydroxyl groups is 1. The quantitative estimate of drug-likeness (QED) is 0.698. The fraction of sp³-hybridized carbons (Fsp3) is 0.429. The van der Waals surface area contributed by atoms with Crippen molar-refractivity contribution in [3.05, 3.63) is 65.2 Å². The lowest BCUT2D eigenvalue weighted by molar-refractivity contribution is 0.233. The van der Waals surface area contributed by atoms with Gasteiger partial charge in [-0.1, -0.05) is 36.4 Å². The Labute approximate surface area is 174 Å². The second-order valence-electron chi connectivity index (χ2n) is 6.56. The largest absolute Gasteiger partial charge is 0.493 e. The third kappa shape index (κ3) is 8.08. The monoisotopic (exact) mass is 412 g/mol. The van der Waals surface area contributed by atoms with Crippen LogP contribution in [0.5, 0.6) is 5.75 Å². The number of rotatable bonds is 8. The summed E-state index contributed by atoms with van der Waals surface area (Å²) in [6.45, 7) is 6.35. The van der Waals surface area contributed by atoms with Gasteiger partial charge in [-0.05, 0) is 35.2 Å². The van der Waals surface area contributed by atoms with Crippen molar-refractivity contribution in [2.24, 2.45) is 0 Å². The first kappa shape index (κ1) is 23.7. The zero-order valence-electron chi connectivity index (χ0n) is 15.6. The first-order chi connectivity index (χ1) is 12.3. The molecule has 0 aliphatic carbocycles. The predicted molar refractivity (Wildman–Crippen MR) is 116 cm³/mol. The molecule has 0 radical (unpaired) electrons. The zero-order chi connectivity index (χ0) is 17.3. The normalized spacial score (nSPS) is 14.1. The number of piperazine rings is 1. The highest BCUT2D eigenvalue weighted by atomic mass is 35.5. The summed E-state index contributed by atoms with van der Waals surface area (Å²) in [5.41, 5.74) is 3.82. The average Bonchev–Trinajstić information content (AvgIpc) is 2.66. The van der Waals surface area contributed by atoms with E-state index in [0.29, 0.717) is 13.0 Å². The summed E-state index contributed by atoms with van der Waals surface area (Å²) in [7, 11) is 0. The molecule has 150 valence electrons. The van der Waals surface area contributed by atoms with Crippen molar-refractivity contribution in [1.29, 1.82) is 0 Å². The van der Waals surface area contributed by atoms with Crippen molar-refractivity contribution in [2.75, 3.05) is 39.4 Å². The van der Waals surface area contributed by atoms with E-state index in [1.807, 2.05) is 24.3 Å². The molecule has 1 aliphatic heterocycles. The van der Waals surface area contributed by atoms with Gasteiger partial charge in [0.05, 0.1) is 6.61 Å². The van der Waals surface area contributed by atoms with E-state index in [4.69, 9.17) is 9.84 Å². The summed E-state index contributed by atoms with van der Waals surface area (Å²) < 4.78 is 5.82. The topological polar surface area (TPSA) is 44.7 Å². The van der Waals surface area contributed by atoms with Crippen LogP contribution in [0.15, 0.2) is 48.5 Å². The van der Waals surface area contributed by atoms with Crippen LogP contribution in [0, 0.1) is 0 Å². The molecule has 0 amide bonds. The number of hydrogen-bond acceptors (Lipinski definition) is 4. The van der Waals surface area contributed by atoms with Crippen molar-refractivity contribution in [3.8, 4) is 5.75 Å². The molecule has 1 aliphatic rings. The van der Waals surface area contributed by atoms with Crippen LogP contribution in [-0.2, 0) is 19.4 Å². The Morgan fingerprint density at radius 3 is 2.00 bits per heavy atom. The number of halogens is 2. The van der Waals surface area contributed by atoms with Gasteiger partial charge in [-0.3, -0.25) is 4.90 Å². The number of nitrogens with one attached hydrogen (secondary N) is 1. The molecule has 4 nitrogen and oxygen atoms in total. The second-order valence-corrected chi connectivity index (χ2v) is 6.56. The Hall–Kier alpha value is -1.30. The van der Waals surface area contributed by atoms with Crippen molar-refractivity contribution in [2.45, 2.75) is 19.4 Å². The Morgan fingerprint density at radius 1 is 0.815 bits per heavy atom. The molecular weight excluding hydrogens is 383 g/mol. The molecule has 1 fully saturated rings. The Balaban J connectivity index is 0.00000182. The van der Waals surface area contributed by atoms with Crippen LogP contribution < -0.4 is 10.1 Å². The molecule has 2 aromatic rings. The number of nitrogens with zero attached hydrogens (tertiary/aromatic N) is 1. The average molecular weight is 413 g/mol. The molecule has 0 spiro atoms. The summed E-state index contributed by atoms with van der Waals surface area (Å²) in [4.78, 5) is 2.50. The van der Waals surface area contributed by atoms with Crippen LogP contribution >= 0.6 is 24.8 Å². The summed E-state index contributed by atoms with van der Waals surface area (Å²) >= 11 is 0. The van der Waals surface area contributed by atoms with Gasteiger partial charge in [-0.2, -0.15) is 0 Å². The highest BCUT2D eigenvalue weighted by Gasteiger charge is 2.09. The summed E-state index contributed by atoms with van der Waals surface area (Å²) in [5.74, 6) is 0.886. The van der Waals surface area contributed by atoms with Crippen LogP contribution in [0.3, 0.4) is 0 Å². The Morgan fingerprint density at radius 2 is 1.37 bits per heavy atom. The van der Waals surface area contributed by atoms with E-state index < -0.39 is 0 Å². The molecule has 0 unspecified atom stereocenters. The third-order valence-corrected chi connectivity index (χ3v) is 4.62. The highest BCUT2D eigenvalue weighted by molar-refractivity contribution is 5.85. The van der Waals surface area contributed by atoms with Crippen molar-refractivity contribution >= 4 is 24.8 Å². The number of hydrogen-bond donors (Lipinski definition) is 2. The molecule has 0 aromatic heterocycles. The van der Waals surface area contributed by atoms with E-state index in [0.717, 1.165) is 50.5 Å². The fourth-order valence-electron chi connectivity index (χ4n) is 3.11. The highest BCUT2D eigenvalue weighted by Crippen LogP contribution is 2.14. The van der Waals surface area contributed by atoms with Gasteiger partial charge in [-0.25, -0.2) is 0 Å². The van der Waals surface area contributed by atoms with Gasteiger partial charge in [-0.15, -0.1) is 24.8 Å². The SMILES string of the molecule is Cl.Cl.OCCc1ccc(OCCc2ccc(CN3CCNCC3)cc2)cc1. The summed E-state index contributed by atoms with van der Waals surface area (Å²) in [5, 5.41) is 12.3. The van der Waals surface area contributed by atoms with E-state index in [-0.39, 0.29) is 31.4 Å². The lowest BCUT2D eigenvalue weighted by Gasteiger charge is -2.27. The maximum Gasteiger partial charge on any atom is 0.119 e. The van der Waals surface area contributed by atoms with Crippen LogP contribution in [0.4, 0.5) is 0 Å². The molecule has 0 atom stereocenters. The predicted octanol–water partition coefficient (Wildman–Crippen LogP) is 3.09. The van der Waals surface area contributed by atoms with Gasteiger partial charge in [0.1, 0.15) is 5.75 Å². The molecule has 2 aromatic carbocycles. The van der Waals surface area contributed by atoms with Crippen LogP contribution in [0.1, 0.15) is 16.7 Å². The van der Waals surface area contributed by atoms with Gasteiger partial charge >= 0.3 is 0 Å². The molecule has 3 rings (SSSR count). The number of ether oxygens (including phenoxy) is 1. The Kier molecular flexibility index (Phi) is 11.4. The molecule has 2 N–H and O–H groups in total. The standard InChI is InChI=1S/C21H28N2O2.2ClH/c24-15-9-18-5-7-21(8-6-18)25-16-10-19-1-3-20(4-2-19)17-23-13-11-22-12-14-23;;/h1-8,22,24H,9-17H2;2*1H. The lowest BCUT2D eigenvalue weighted by atomic mass is 10.1. The van der Waals surface area contributed by atoms with E-state index in [2.05, 4.69) is 34.5 Å². The maximum absolute atomic E-state index is 8.93. The van der Waals surface area contributed by atoms with Crippen LogP contribution in [0.2, 0.25) is 0 Å². The third-order valence-electron chi connectivity index (χ3n) is 4.62. The minimum atomic E-state index is 0. The van der Waals surface area contributed by atoms with Gasteiger partial charge in [0.15, 0.2) is 0 Å². The van der Waals surface area contributed by atoms with Crippen molar-refractivity contribution in [3.63, 3.8) is 0 Å². The first-order valence-corrected chi connectivity index (χ1v) is 9.17. The zero-order valence-corrected chi connectivity index (χ0v) is 17.2. The molecule has 27 heavy (non-hydrogen) atoms. The van der Waals surface area contributed by atoms with Gasteiger partial charge < -0.3 is 15.2 Å². The molecule has 0 saturated carbocycles. The molecular formula is C21H30Cl2N2O2. The summed E-state index contributed by atoms with van der Waals surface area (Å²) in [6, 6.07) is 16.9. The van der Waals surface area contributed by atoms with Gasteiger partial charge in [0.25, 0.3) is 0 Å². The minimum Gasteiger partial charge on any atom is -0.493 e. The smallest absolute Gasteiger partial charge is 0.119 e. The minimum absolute atomic E-state index is 0. The van der Waals surface area contributed by atoms with Gasteiger partial charge in [0, 0.05) is 45.8 Å². The maximum atomic E-state index is 8.93. The molecule has 1 saturated heterocycles. The Bertz CT molecular complexity index is 630. The molecule has 1 heterocycles. The first-order valence-electron chi connectivity index (χ1n) is 9.17. The lowest BCUT2D eigenvalue weighted by Crippen LogP contribution is -2.42. The van der Waals surface area contributed by atoms with Gasteiger partial charge in [0.2, 0.25) is 0 Å². The fourth-order valence-corrected chi connectivity index (χ4v) is 3.11. The number of aliphatic hydroxyl groups excluding tert-OH is 1. The summed E-state index contributed by atoms with van der Waals surface area (Å²) in [6.07, 6.45) is 1.60. The van der Waals surface area contributed by atoms with E-state index in [1.54, 1.807) is 0 Å². The van der Waals surface area contributed by atoms with E-state index >= 15 is 0 Å². The van der Waals surface area contributed by atoms with Crippen LogP contribution in [-0.4, -0.2) is 49.4 Å². The van der Waals surface area contributed by atoms with Crippen molar-refractivity contribution < 1.29 is 9.84 Å². The van der Waals surface area contributed by atoms with Crippen LogP contribution in [0.25, 0.3) is 0 Å². The second kappa shape index (κ2) is 13.0. The van der Waals surface area contributed by atoms with Crippen molar-refractivity contribution in [1.82, 2.24) is 10.2 Å². The number of benzene rings is 2. The molecule has 0 bridgehead atoms. The van der Waals surface area contributed by atoms with E-state index in [9.17, 15) is 0 Å². The molecule has 6 heteroatoms. The van der Waals surface area contributed by atoms with E-state index in [1.165, 1.54) is 11.1 Å².